The van der Waals surface area contributed by atoms with E-state index >= 15 is 0 Å². The molecule has 2 N–H and O–H groups in total. The first-order chi connectivity index (χ1) is 9.45. The Bertz CT molecular complexity index is 618. The molecule has 0 bridgehead atoms. The van der Waals surface area contributed by atoms with E-state index in [1.165, 1.54) is 12.1 Å². The number of hydrogen-bond donors (Lipinski definition) is 1. The Hall–Kier alpha value is -2.37. The Balaban J connectivity index is 2.27. The number of nitrogens with two attached hydrogens (primary N) is 1. The van der Waals surface area contributed by atoms with Crippen LogP contribution in [0.2, 0.25) is 0 Å². The zero-order valence-corrected chi connectivity index (χ0v) is 11.1. The summed E-state index contributed by atoms with van der Waals surface area (Å²) in [4.78, 5) is 4.02. The number of anilines is 1. The van der Waals surface area contributed by atoms with Crippen molar-refractivity contribution in [1.29, 1.82) is 0 Å². The average molecular weight is 280 g/mol. The van der Waals surface area contributed by atoms with Gasteiger partial charge < -0.3 is 15.2 Å². The van der Waals surface area contributed by atoms with Crippen molar-refractivity contribution in [3.63, 3.8) is 0 Å². The number of hydrogen-bond acceptors (Lipinski definition) is 4. The van der Waals surface area contributed by atoms with Crippen LogP contribution in [-0.2, 0) is 0 Å². The van der Waals surface area contributed by atoms with Gasteiger partial charge in [-0.05, 0) is 32.0 Å². The van der Waals surface area contributed by atoms with Crippen molar-refractivity contribution in [3.8, 4) is 17.5 Å². The van der Waals surface area contributed by atoms with Crippen LogP contribution in [0.25, 0.3) is 0 Å². The molecule has 0 saturated heterocycles. The summed E-state index contributed by atoms with van der Waals surface area (Å²) >= 11 is 0. The molecule has 2 rings (SSSR count). The lowest BCUT2D eigenvalue weighted by atomic mass is 10.3. The fraction of sp³-hybridized carbons (Fsp3) is 0.214. The van der Waals surface area contributed by atoms with Crippen molar-refractivity contribution in [2.45, 2.75) is 20.0 Å². The molecule has 4 nitrogen and oxygen atoms in total. The van der Waals surface area contributed by atoms with Gasteiger partial charge >= 0.3 is 0 Å². The van der Waals surface area contributed by atoms with Crippen molar-refractivity contribution in [3.05, 3.63) is 42.0 Å². The van der Waals surface area contributed by atoms with Crippen LogP contribution < -0.4 is 15.2 Å². The summed E-state index contributed by atoms with van der Waals surface area (Å²) in [6.45, 7) is 3.64. The standard InChI is InChI=1S/C14H14F2N2O2/c1-8(2)19-14-11(17)5-6-13(18-14)20-12-7-9(15)3-4-10(12)16/h3-8H,17H2,1-2H3. The van der Waals surface area contributed by atoms with Crippen molar-refractivity contribution in [2.75, 3.05) is 5.73 Å². The normalized spacial score (nSPS) is 10.7. The number of rotatable bonds is 4. The lowest BCUT2D eigenvalue weighted by Crippen LogP contribution is -2.09. The number of ether oxygens (including phenoxy) is 2. The van der Waals surface area contributed by atoms with Gasteiger partial charge in [0.2, 0.25) is 11.8 Å². The van der Waals surface area contributed by atoms with Crippen LogP contribution in [0.15, 0.2) is 30.3 Å². The van der Waals surface area contributed by atoms with E-state index in [1.54, 1.807) is 0 Å². The highest BCUT2D eigenvalue weighted by Crippen LogP contribution is 2.28. The first kappa shape index (κ1) is 14.0. The van der Waals surface area contributed by atoms with Gasteiger partial charge in [-0.3, -0.25) is 0 Å². The maximum atomic E-state index is 13.5. The van der Waals surface area contributed by atoms with Crippen molar-refractivity contribution in [2.24, 2.45) is 0 Å². The average Bonchev–Trinajstić information content (AvgIpc) is 2.37. The second kappa shape index (κ2) is 5.73. The number of nitrogen functional groups attached to an aromatic ring is 1. The van der Waals surface area contributed by atoms with Crippen LogP contribution >= 0.6 is 0 Å². The predicted molar refractivity (Wildman–Crippen MR) is 70.8 cm³/mol. The third-order valence-electron chi connectivity index (χ3n) is 2.32. The number of nitrogens with zero attached hydrogens (tertiary/aromatic N) is 1. The molecular weight excluding hydrogens is 266 g/mol. The van der Waals surface area contributed by atoms with Gasteiger partial charge in [0, 0.05) is 12.1 Å². The Morgan fingerprint density at radius 1 is 1.15 bits per heavy atom. The van der Waals surface area contributed by atoms with Gasteiger partial charge in [0.05, 0.1) is 11.8 Å². The highest BCUT2D eigenvalue weighted by atomic mass is 19.1. The second-order valence-electron chi connectivity index (χ2n) is 4.39. The molecule has 0 aliphatic rings. The molecule has 106 valence electrons. The first-order valence-electron chi connectivity index (χ1n) is 6.02. The molecule has 0 atom stereocenters. The van der Waals surface area contributed by atoms with Crippen LogP contribution in [0.1, 0.15) is 13.8 Å². The molecule has 6 heteroatoms. The quantitative estimate of drug-likeness (QED) is 0.931. The monoisotopic (exact) mass is 280 g/mol. The smallest absolute Gasteiger partial charge is 0.240 e. The number of pyridine rings is 1. The summed E-state index contributed by atoms with van der Waals surface area (Å²) in [5.41, 5.74) is 6.05. The van der Waals surface area contributed by atoms with E-state index in [1.807, 2.05) is 13.8 Å². The molecule has 20 heavy (non-hydrogen) atoms. The molecule has 0 spiro atoms. The van der Waals surface area contributed by atoms with Crippen LogP contribution in [0.5, 0.6) is 17.5 Å². The highest BCUT2D eigenvalue weighted by molar-refractivity contribution is 5.49. The molecule has 0 unspecified atom stereocenters. The SMILES string of the molecule is CC(C)Oc1nc(Oc2cc(F)ccc2F)ccc1N. The second-order valence-corrected chi connectivity index (χ2v) is 4.39. The fourth-order valence-corrected chi connectivity index (χ4v) is 1.48. The number of benzene rings is 1. The zero-order chi connectivity index (χ0) is 14.7. The molecule has 0 saturated carbocycles. The summed E-state index contributed by atoms with van der Waals surface area (Å²) in [6, 6.07) is 5.90. The van der Waals surface area contributed by atoms with E-state index in [-0.39, 0.29) is 23.6 Å². The van der Waals surface area contributed by atoms with E-state index < -0.39 is 11.6 Å². The summed E-state index contributed by atoms with van der Waals surface area (Å²) in [5.74, 6) is -1.28. The fourth-order valence-electron chi connectivity index (χ4n) is 1.48. The topological polar surface area (TPSA) is 57.4 Å². The molecule has 1 aromatic heterocycles. The lowest BCUT2D eigenvalue weighted by Gasteiger charge is -2.12. The molecular formula is C14H14F2N2O2. The van der Waals surface area contributed by atoms with Gasteiger partial charge in [0.25, 0.3) is 0 Å². The Kier molecular flexibility index (Phi) is 4.02. The van der Waals surface area contributed by atoms with E-state index in [9.17, 15) is 8.78 Å². The molecule has 0 amide bonds. The Labute approximate surface area is 115 Å². The van der Waals surface area contributed by atoms with Gasteiger partial charge in [-0.1, -0.05) is 0 Å². The summed E-state index contributed by atoms with van der Waals surface area (Å²) < 4.78 is 37.1. The maximum absolute atomic E-state index is 13.5. The minimum Gasteiger partial charge on any atom is -0.473 e. The van der Waals surface area contributed by atoms with E-state index in [0.717, 1.165) is 18.2 Å². The van der Waals surface area contributed by atoms with Crippen LogP contribution in [0.3, 0.4) is 0 Å². The Morgan fingerprint density at radius 2 is 1.90 bits per heavy atom. The van der Waals surface area contributed by atoms with E-state index in [0.29, 0.717) is 5.69 Å². The van der Waals surface area contributed by atoms with Crippen molar-refractivity contribution >= 4 is 5.69 Å². The molecule has 0 aliphatic carbocycles. The van der Waals surface area contributed by atoms with E-state index in [2.05, 4.69) is 4.98 Å². The van der Waals surface area contributed by atoms with Crippen molar-refractivity contribution in [1.82, 2.24) is 4.98 Å². The third kappa shape index (κ3) is 3.34. The van der Waals surface area contributed by atoms with Gasteiger partial charge in [-0.2, -0.15) is 4.98 Å². The zero-order valence-electron chi connectivity index (χ0n) is 11.1. The predicted octanol–water partition coefficient (Wildman–Crippen LogP) is 3.52. The number of aromatic nitrogens is 1. The van der Waals surface area contributed by atoms with Gasteiger partial charge in [0.15, 0.2) is 11.6 Å². The summed E-state index contributed by atoms with van der Waals surface area (Å²) in [5, 5.41) is 0. The van der Waals surface area contributed by atoms with Crippen LogP contribution in [-0.4, -0.2) is 11.1 Å². The molecule has 1 heterocycles. The van der Waals surface area contributed by atoms with E-state index in [4.69, 9.17) is 15.2 Å². The first-order valence-corrected chi connectivity index (χ1v) is 6.02. The minimum atomic E-state index is -0.684. The number of halogens is 2. The van der Waals surface area contributed by atoms with Crippen molar-refractivity contribution < 1.29 is 18.3 Å². The van der Waals surface area contributed by atoms with Gasteiger partial charge in [-0.15, -0.1) is 0 Å². The molecule has 1 aromatic carbocycles. The molecule has 2 aromatic rings. The highest BCUT2D eigenvalue weighted by Gasteiger charge is 2.11. The van der Waals surface area contributed by atoms with Gasteiger partial charge in [0.1, 0.15) is 5.82 Å². The molecule has 0 aliphatic heterocycles. The third-order valence-corrected chi connectivity index (χ3v) is 2.32. The molecule has 0 radical (unpaired) electrons. The summed E-state index contributed by atoms with van der Waals surface area (Å²) in [7, 11) is 0. The molecule has 0 fully saturated rings. The summed E-state index contributed by atoms with van der Waals surface area (Å²) in [6.07, 6.45) is -0.119. The lowest BCUT2D eigenvalue weighted by molar-refractivity contribution is 0.232. The van der Waals surface area contributed by atoms with Crippen LogP contribution in [0, 0.1) is 11.6 Å². The van der Waals surface area contributed by atoms with Gasteiger partial charge in [-0.25, -0.2) is 8.78 Å². The van der Waals surface area contributed by atoms with Crippen LogP contribution in [0.4, 0.5) is 14.5 Å². The minimum absolute atomic E-state index is 0.0688. The Morgan fingerprint density at radius 3 is 2.60 bits per heavy atom. The largest absolute Gasteiger partial charge is 0.473 e. The maximum Gasteiger partial charge on any atom is 0.240 e.